The third-order valence-electron chi connectivity index (χ3n) is 2.17. The van der Waals surface area contributed by atoms with E-state index in [1.807, 2.05) is 26.8 Å². The molecule has 0 saturated heterocycles. The number of nitrogens with two attached hydrogens (primary N) is 1. The predicted molar refractivity (Wildman–Crippen MR) is 66.9 cm³/mol. The molecular weight excluding hydrogens is 229 g/mol. The van der Waals surface area contributed by atoms with Gasteiger partial charge in [-0.1, -0.05) is 26.8 Å². The number of benzene rings is 1. The number of hydrogen-bond donors (Lipinski definition) is 1. The second kappa shape index (κ2) is 6.06. The van der Waals surface area contributed by atoms with Gasteiger partial charge >= 0.3 is 0 Å². The second-order valence-electron chi connectivity index (χ2n) is 4.53. The Morgan fingerprint density at radius 1 is 1.31 bits per heavy atom. The Morgan fingerprint density at radius 3 is 2.38 bits per heavy atom. The SMILES string of the molecule is CC(C)(C)c1ccc(OCCN)c(F)c1.Cl. The van der Waals surface area contributed by atoms with Crippen LogP contribution < -0.4 is 10.5 Å². The standard InChI is InChI=1S/C12H18FNO.ClH/c1-12(2,3)9-4-5-11(10(13)8-9)15-7-6-14;/h4-5,8H,6-7,14H2,1-3H3;1H. The van der Waals surface area contributed by atoms with Crippen LogP contribution in [0.4, 0.5) is 4.39 Å². The summed E-state index contributed by atoms with van der Waals surface area (Å²) in [6.45, 7) is 6.86. The van der Waals surface area contributed by atoms with Gasteiger partial charge < -0.3 is 10.5 Å². The van der Waals surface area contributed by atoms with Crippen molar-refractivity contribution in [2.45, 2.75) is 26.2 Å². The molecule has 0 aliphatic heterocycles. The first-order valence-electron chi connectivity index (χ1n) is 5.08. The van der Waals surface area contributed by atoms with E-state index in [1.165, 1.54) is 6.07 Å². The summed E-state index contributed by atoms with van der Waals surface area (Å²) in [6, 6.07) is 5.06. The van der Waals surface area contributed by atoms with E-state index < -0.39 is 0 Å². The largest absolute Gasteiger partial charge is 0.489 e. The summed E-state index contributed by atoms with van der Waals surface area (Å²) in [4.78, 5) is 0. The smallest absolute Gasteiger partial charge is 0.165 e. The molecule has 16 heavy (non-hydrogen) atoms. The van der Waals surface area contributed by atoms with Crippen molar-refractivity contribution in [3.63, 3.8) is 0 Å². The maximum absolute atomic E-state index is 13.5. The van der Waals surface area contributed by atoms with Crippen LogP contribution in [-0.2, 0) is 5.41 Å². The molecule has 92 valence electrons. The quantitative estimate of drug-likeness (QED) is 0.892. The molecule has 1 rings (SSSR count). The maximum atomic E-state index is 13.5. The van der Waals surface area contributed by atoms with E-state index in [1.54, 1.807) is 6.07 Å². The summed E-state index contributed by atoms with van der Waals surface area (Å²) in [5.41, 5.74) is 6.19. The Morgan fingerprint density at radius 2 is 1.94 bits per heavy atom. The monoisotopic (exact) mass is 247 g/mol. The fourth-order valence-corrected chi connectivity index (χ4v) is 1.25. The van der Waals surface area contributed by atoms with Gasteiger partial charge in [-0.25, -0.2) is 4.39 Å². The predicted octanol–water partition coefficient (Wildman–Crippen LogP) is 2.88. The van der Waals surface area contributed by atoms with Gasteiger partial charge in [-0.3, -0.25) is 0 Å². The Kier molecular flexibility index (Phi) is 5.76. The van der Waals surface area contributed by atoms with Gasteiger partial charge in [0.1, 0.15) is 6.61 Å². The highest BCUT2D eigenvalue weighted by Gasteiger charge is 2.15. The molecule has 0 amide bonds. The average Bonchev–Trinajstić information content (AvgIpc) is 2.14. The fourth-order valence-electron chi connectivity index (χ4n) is 1.25. The molecule has 0 aliphatic rings. The van der Waals surface area contributed by atoms with Gasteiger partial charge in [0.25, 0.3) is 0 Å². The van der Waals surface area contributed by atoms with Gasteiger partial charge in [0.05, 0.1) is 0 Å². The highest BCUT2D eigenvalue weighted by Crippen LogP contribution is 2.26. The van der Waals surface area contributed by atoms with Crippen molar-refractivity contribution in [2.24, 2.45) is 5.73 Å². The number of ether oxygens (including phenoxy) is 1. The first kappa shape index (κ1) is 15.2. The molecule has 0 aromatic heterocycles. The summed E-state index contributed by atoms with van der Waals surface area (Å²) >= 11 is 0. The summed E-state index contributed by atoms with van der Waals surface area (Å²) in [6.07, 6.45) is 0. The van der Waals surface area contributed by atoms with Gasteiger partial charge in [-0.05, 0) is 23.1 Å². The third kappa shape index (κ3) is 3.99. The Bertz CT molecular complexity index is 336. The van der Waals surface area contributed by atoms with Crippen LogP contribution in [0.15, 0.2) is 18.2 Å². The van der Waals surface area contributed by atoms with Gasteiger partial charge in [-0.2, -0.15) is 0 Å². The lowest BCUT2D eigenvalue weighted by atomic mass is 9.87. The topological polar surface area (TPSA) is 35.2 Å². The molecule has 0 radical (unpaired) electrons. The van der Waals surface area contributed by atoms with Crippen LogP contribution in [0, 0.1) is 5.82 Å². The van der Waals surface area contributed by atoms with Crippen LogP contribution in [0.5, 0.6) is 5.75 Å². The molecule has 0 fully saturated rings. The summed E-state index contributed by atoms with van der Waals surface area (Å²) in [7, 11) is 0. The molecule has 0 unspecified atom stereocenters. The van der Waals surface area contributed by atoms with Crippen LogP contribution in [0.1, 0.15) is 26.3 Å². The molecule has 0 bridgehead atoms. The van der Waals surface area contributed by atoms with Crippen LogP contribution in [0.2, 0.25) is 0 Å². The summed E-state index contributed by atoms with van der Waals surface area (Å²) < 4.78 is 18.7. The zero-order valence-corrected chi connectivity index (χ0v) is 10.7. The van der Waals surface area contributed by atoms with Crippen molar-refractivity contribution in [1.29, 1.82) is 0 Å². The van der Waals surface area contributed by atoms with Crippen molar-refractivity contribution < 1.29 is 9.13 Å². The minimum atomic E-state index is -0.323. The Labute approximate surface area is 102 Å². The molecule has 1 aromatic rings. The number of hydrogen-bond acceptors (Lipinski definition) is 2. The van der Waals surface area contributed by atoms with Gasteiger partial charge in [0, 0.05) is 6.54 Å². The first-order valence-corrected chi connectivity index (χ1v) is 5.08. The van der Waals surface area contributed by atoms with E-state index in [2.05, 4.69) is 0 Å². The molecule has 0 aliphatic carbocycles. The van der Waals surface area contributed by atoms with Crippen LogP contribution in [-0.4, -0.2) is 13.2 Å². The molecule has 2 N–H and O–H groups in total. The zero-order chi connectivity index (χ0) is 11.5. The van der Waals surface area contributed by atoms with Crippen LogP contribution in [0.25, 0.3) is 0 Å². The molecule has 2 nitrogen and oxygen atoms in total. The third-order valence-corrected chi connectivity index (χ3v) is 2.17. The van der Waals surface area contributed by atoms with Crippen LogP contribution >= 0.6 is 12.4 Å². The van der Waals surface area contributed by atoms with E-state index in [9.17, 15) is 4.39 Å². The van der Waals surface area contributed by atoms with E-state index >= 15 is 0 Å². The average molecular weight is 248 g/mol. The lowest BCUT2D eigenvalue weighted by molar-refractivity contribution is 0.310. The highest BCUT2D eigenvalue weighted by atomic mass is 35.5. The normalized spacial score (nSPS) is 10.8. The molecule has 4 heteroatoms. The van der Waals surface area contributed by atoms with E-state index in [-0.39, 0.29) is 29.4 Å². The zero-order valence-electron chi connectivity index (χ0n) is 9.92. The summed E-state index contributed by atoms with van der Waals surface area (Å²) in [5, 5.41) is 0. The van der Waals surface area contributed by atoms with Crippen molar-refractivity contribution in [3.05, 3.63) is 29.6 Å². The van der Waals surface area contributed by atoms with E-state index in [4.69, 9.17) is 10.5 Å². The Balaban J connectivity index is 0.00000225. The minimum absolute atomic E-state index is 0. The van der Waals surface area contributed by atoms with E-state index in [0.717, 1.165) is 5.56 Å². The molecule has 0 spiro atoms. The van der Waals surface area contributed by atoms with Crippen molar-refractivity contribution in [2.75, 3.05) is 13.2 Å². The molecule has 0 saturated carbocycles. The summed E-state index contributed by atoms with van der Waals surface area (Å²) in [5.74, 6) is -0.0516. The lowest BCUT2D eigenvalue weighted by Gasteiger charge is -2.19. The molecule has 1 aromatic carbocycles. The molecular formula is C12H19ClFNO. The second-order valence-corrected chi connectivity index (χ2v) is 4.53. The van der Waals surface area contributed by atoms with Crippen molar-refractivity contribution >= 4 is 12.4 Å². The Hall–Kier alpha value is -0.800. The number of halogens is 2. The maximum Gasteiger partial charge on any atom is 0.165 e. The van der Waals surface area contributed by atoms with Crippen LogP contribution in [0.3, 0.4) is 0 Å². The molecule has 0 heterocycles. The number of rotatable bonds is 3. The van der Waals surface area contributed by atoms with Gasteiger partial charge in [-0.15, -0.1) is 12.4 Å². The first-order chi connectivity index (χ1) is 6.95. The van der Waals surface area contributed by atoms with Crippen molar-refractivity contribution in [3.8, 4) is 5.75 Å². The minimum Gasteiger partial charge on any atom is -0.489 e. The molecule has 0 atom stereocenters. The lowest BCUT2D eigenvalue weighted by Crippen LogP contribution is -2.13. The highest BCUT2D eigenvalue weighted by molar-refractivity contribution is 5.85. The van der Waals surface area contributed by atoms with Crippen molar-refractivity contribution in [1.82, 2.24) is 0 Å². The van der Waals surface area contributed by atoms with Gasteiger partial charge in [0.2, 0.25) is 0 Å². The van der Waals surface area contributed by atoms with E-state index in [0.29, 0.717) is 13.2 Å². The fraction of sp³-hybridized carbons (Fsp3) is 0.500. The van der Waals surface area contributed by atoms with Gasteiger partial charge in [0.15, 0.2) is 11.6 Å².